The van der Waals surface area contributed by atoms with E-state index in [9.17, 15) is 5.11 Å². The van der Waals surface area contributed by atoms with E-state index in [0.29, 0.717) is 24.9 Å². The first-order chi connectivity index (χ1) is 14.6. The van der Waals surface area contributed by atoms with Crippen LogP contribution in [-0.2, 0) is 9.47 Å². The van der Waals surface area contributed by atoms with E-state index < -0.39 is 6.10 Å². The van der Waals surface area contributed by atoms with Crippen LogP contribution in [0.2, 0.25) is 0 Å². The highest BCUT2D eigenvalue weighted by molar-refractivity contribution is 5.64. The molecule has 1 aliphatic rings. The van der Waals surface area contributed by atoms with E-state index in [0.717, 1.165) is 30.2 Å². The Hall–Kier alpha value is -2.81. The Balaban J connectivity index is 1.75. The summed E-state index contributed by atoms with van der Waals surface area (Å²) in [6.07, 6.45) is 1.30. The Morgan fingerprint density at radius 3 is 2.60 bits per heavy atom. The minimum Gasteiger partial charge on any atom is -0.393 e. The van der Waals surface area contributed by atoms with Crippen LogP contribution in [0, 0.1) is 13.8 Å². The van der Waals surface area contributed by atoms with Gasteiger partial charge in [0.05, 0.1) is 25.5 Å². The number of hydrogen-bond donors (Lipinski definition) is 1. The molecule has 1 saturated heterocycles. The van der Waals surface area contributed by atoms with E-state index in [1.807, 2.05) is 18.3 Å². The quantitative estimate of drug-likeness (QED) is 0.669. The van der Waals surface area contributed by atoms with Crippen LogP contribution in [0.5, 0.6) is 0 Å². The van der Waals surface area contributed by atoms with Gasteiger partial charge in [-0.3, -0.25) is 0 Å². The van der Waals surface area contributed by atoms with Crippen molar-refractivity contribution in [3.8, 4) is 17.1 Å². The summed E-state index contributed by atoms with van der Waals surface area (Å²) in [5.74, 6) is 1.84. The van der Waals surface area contributed by atoms with Gasteiger partial charge in [-0.25, -0.2) is 14.6 Å². The van der Waals surface area contributed by atoms with Crippen molar-refractivity contribution in [2.75, 3.05) is 44.9 Å². The van der Waals surface area contributed by atoms with Gasteiger partial charge < -0.3 is 19.5 Å². The number of methoxy groups -OCH3 is 1. The Kier molecular flexibility index (Phi) is 6.08. The Bertz CT molecular complexity index is 1010. The first-order valence-electron chi connectivity index (χ1n) is 10.1. The number of anilines is 1. The fourth-order valence-electron chi connectivity index (χ4n) is 3.52. The third-order valence-electron chi connectivity index (χ3n) is 5.28. The Morgan fingerprint density at radius 1 is 1.10 bits per heavy atom. The first kappa shape index (κ1) is 20.5. The molecule has 3 heterocycles. The van der Waals surface area contributed by atoms with Gasteiger partial charge in [-0.1, -0.05) is 17.7 Å². The average Bonchev–Trinajstić information content (AvgIpc) is 3.27. The van der Waals surface area contributed by atoms with Gasteiger partial charge in [0.15, 0.2) is 11.6 Å². The first-order valence-corrected chi connectivity index (χ1v) is 10.1. The molecule has 1 N–H and O–H groups in total. The standard InChI is InChI=1S/C22H27N5O3/c1-15-4-5-16(2)17(12-15)18-6-7-27(25-18)21-13-20(26-8-10-30-11-9-26)23-22(24-21)19(14-28)29-3/h4-7,12-13,19,28H,8-11,14H2,1-3H3/t19-/m0/s1. The summed E-state index contributed by atoms with van der Waals surface area (Å²) in [4.78, 5) is 11.4. The van der Waals surface area contributed by atoms with Crippen LogP contribution in [0.15, 0.2) is 36.5 Å². The van der Waals surface area contributed by atoms with Crippen molar-refractivity contribution in [1.29, 1.82) is 0 Å². The molecule has 4 rings (SSSR count). The van der Waals surface area contributed by atoms with E-state index in [-0.39, 0.29) is 6.61 Å². The van der Waals surface area contributed by atoms with E-state index in [1.54, 1.807) is 4.68 Å². The van der Waals surface area contributed by atoms with E-state index in [4.69, 9.17) is 14.6 Å². The number of ether oxygens (including phenoxy) is 2. The molecule has 8 nitrogen and oxygen atoms in total. The monoisotopic (exact) mass is 409 g/mol. The molecule has 0 aliphatic carbocycles. The number of aliphatic hydroxyl groups is 1. The van der Waals surface area contributed by atoms with Gasteiger partial charge in [0.1, 0.15) is 11.9 Å². The van der Waals surface area contributed by atoms with Gasteiger partial charge in [-0.15, -0.1) is 0 Å². The summed E-state index contributed by atoms with van der Waals surface area (Å²) in [7, 11) is 1.54. The van der Waals surface area contributed by atoms with Crippen LogP contribution >= 0.6 is 0 Å². The van der Waals surface area contributed by atoms with Crippen LogP contribution in [-0.4, -0.2) is 64.9 Å². The minimum atomic E-state index is -0.598. The zero-order chi connectivity index (χ0) is 21.1. The fraction of sp³-hybridized carbons (Fsp3) is 0.409. The molecule has 0 saturated carbocycles. The number of hydrogen-bond acceptors (Lipinski definition) is 7. The predicted molar refractivity (Wildman–Crippen MR) is 114 cm³/mol. The molecule has 2 aromatic heterocycles. The van der Waals surface area contributed by atoms with Gasteiger partial charge in [0.2, 0.25) is 0 Å². The van der Waals surface area contributed by atoms with Crippen molar-refractivity contribution >= 4 is 5.82 Å². The molecular weight excluding hydrogens is 382 g/mol. The second kappa shape index (κ2) is 8.91. The van der Waals surface area contributed by atoms with Crippen LogP contribution in [0.4, 0.5) is 5.82 Å². The second-order valence-electron chi connectivity index (χ2n) is 7.41. The minimum absolute atomic E-state index is 0.199. The SMILES string of the molecule is CO[C@@H](CO)c1nc(N2CCOCC2)cc(-n2ccc(-c3cc(C)ccc3C)n2)n1. The molecule has 1 atom stereocenters. The lowest BCUT2D eigenvalue weighted by molar-refractivity contribution is 0.0422. The molecule has 0 bridgehead atoms. The highest BCUT2D eigenvalue weighted by Crippen LogP contribution is 2.25. The summed E-state index contributed by atoms with van der Waals surface area (Å²) in [5.41, 5.74) is 4.34. The lowest BCUT2D eigenvalue weighted by Crippen LogP contribution is -2.37. The average molecular weight is 409 g/mol. The number of benzene rings is 1. The molecule has 0 spiro atoms. The van der Waals surface area contributed by atoms with E-state index in [1.165, 1.54) is 18.2 Å². The molecule has 158 valence electrons. The van der Waals surface area contributed by atoms with Crippen molar-refractivity contribution in [3.63, 3.8) is 0 Å². The molecule has 8 heteroatoms. The maximum atomic E-state index is 9.69. The molecule has 30 heavy (non-hydrogen) atoms. The summed E-state index contributed by atoms with van der Waals surface area (Å²) in [6, 6.07) is 10.2. The molecule has 1 fully saturated rings. The number of nitrogens with zero attached hydrogens (tertiary/aromatic N) is 5. The van der Waals surface area contributed by atoms with E-state index in [2.05, 4.69) is 46.9 Å². The number of rotatable bonds is 6. The van der Waals surface area contributed by atoms with Gasteiger partial charge in [0, 0.05) is 38.0 Å². The van der Waals surface area contributed by atoms with Crippen LogP contribution in [0.25, 0.3) is 17.1 Å². The lowest BCUT2D eigenvalue weighted by Gasteiger charge is -2.28. The summed E-state index contributed by atoms with van der Waals surface area (Å²) in [5, 5.41) is 14.5. The third-order valence-corrected chi connectivity index (χ3v) is 5.28. The van der Waals surface area contributed by atoms with Gasteiger partial charge >= 0.3 is 0 Å². The van der Waals surface area contributed by atoms with Crippen molar-refractivity contribution in [1.82, 2.24) is 19.7 Å². The van der Waals surface area contributed by atoms with Gasteiger partial charge in [-0.2, -0.15) is 5.10 Å². The number of aryl methyl sites for hydroxylation is 2. The molecular formula is C22H27N5O3. The van der Waals surface area contributed by atoms with Gasteiger partial charge in [0.25, 0.3) is 0 Å². The normalized spacial score (nSPS) is 15.4. The third kappa shape index (κ3) is 4.21. The van der Waals surface area contributed by atoms with Crippen molar-refractivity contribution in [2.45, 2.75) is 20.0 Å². The number of aliphatic hydroxyl groups excluding tert-OH is 1. The Labute approximate surface area is 176 Å². The smallest absolute Gasteiger partial charge is 0.164 e. The largest absolute Gasteiger partial charge is 0.393 e. The molecule has 0 amide bonds. The number of morpholine rings is 1. The summed E-state index contributed by atoms with van der Waals surface area (Å²) >= 11 is 0. The van der Waals surface area contributed by atoms with Gasteiger partial charge in [-0.05, 0) is 31.5 Å². The van der Waals surface area contributed by atoms with E-state index >= 15 is 0 Å². The maximum Gasteiger partial charge on any atom is 0.164 e. The molecule has 1 aromatic carbocycles. The molecule has 1 aliphatic heterocycles. The van der Waals surface area contributed by atoms with Crippen molar-refractivity contribution < 1.29 is 14.6 Å². The fourth-order valence-corrected chi connectivity index (χ4v) is 3.52. The topological polar surface area (TPSA) is 85.5 Å². The number of aromatic nitrogens is 4. The summed E-state index contributed by atoms with van der Waals surface area (Å²) in [6.45, 7) is 6.76. The predicted octanol–water partition coefficient (Wildman–Crippen LogP) is 2.46. The zero-order valence-corrected chi connectivity index (χ0v) is 17.6. The molecule has 0 radical (unpaired) electrons. The Morgan fingerprint density at radius 2 is 1.87 bits per heavy atom. The maximum absolute atomic E-state index is 9.69. The zero-order valence-electron chi connectivity index (χ0n) is 17.6. The second-order valence-corrected chi connectivity index (χ2v) is 7.41. The highest BCUT2D eigenvalue weighted by atomic mass is 16.5. The van der Waals surface area contributed by atoms with Crippen molar-refractivity contribution in [3.05, 3.63) is 53.5 Å². The van der Waals surface area contributed by atoms with Crippen LogP contribution < -0.4 is 4.90 Å². The molecule has 0 unspecified atom stereocenters. The van der Waals surface area contributed by atoms with Crippen LogP contribution in [0.3, 0.4) is 0 Å². The van der Waals surface area contributed by atoms with Crippen LogP contribution in [0.1, 0.15) is 23.1 Å². The molecule has 3 aromatic rings. The highest BCUT2D eigenvalue weighted by Gasteiger charge is 2.20. The summed E-state index contributed by atoms with van der Waals surface area (Å²) < 4.78 is 12.6. The lowest BCUT2D eigenvalue weighted by atomic mass is 10.0. The van der Waals surface area contributed by atoms with Crippen molar-refractivity contribution in [2.24, 2.45) is 0 Å².